The molecule has 0 N–H and O–H groups in total. The highest BCUT2D eigenvalue weighted by Gasteiger charge is 2.06. The van der Waals surface area contributed by atoms with Crippen LogP contribution in [-0.4, -0.2) is 0 Å². The lowest BCUT2D eigenvalue weighted by Gasteiger charge is -1.93. The van der Waals surface area contributed by atoms with Gasteiger partial charge in [0.2, 0.25) is 0 Å². The van der Waals surface area contributed by atoms with Crippen molar-refractivity contribution in [2.45, 2.75) is 0 Å². The van der Waals surface area contributed by atoms with Crippen molar-refractivity contribution in [3.05, 3.63) is 45.7 Å². The zero-order valence-corrected chi connectivity index (χ0v) is 9.60. The lowest BCUT2D eigenvalue weighted by Crippen LogP contribution is -1.67. The van der Waals surface area contributed by atoms with E-state index in [4.69, 9.17) is 5.26 Å². The number of hydrogen-bond donors (Lipinski definition) is 0. The molecule has 1 heterocycles. The minimum atomic E-state index is 0.726. The second-order valence-electron chi connectivity index (χ2n) is 2.77. The lowest BCUT2D eigenvalue weighted by atomic mass is 10.2. The molecule has 0 amide bonds. The van der Waals surface area contributed by atoms with Crippen molar-refractivity contribution in [1.82, 2.24) is 0 Å². The van der Waals surface area contributed by atoms with Crippen LogP contribution in [0.4, 0.5) is 0 Å². The third kappa shape index (κ3) is 1.72. The highest BCUT2D eigenvalue weighted by molar-refractivity contribution is 9.10. The molecule has 1 aromatic carbocycles. The molecule has 14 heavy (non-hydrogen) atoms. The summed E-state index contributed by atoms with van der Waals surface area (Å²) in [6.07, 6.45) is 0. The molecule has 0 unspecified atom stereocenters. The molecule has 1 aromatic heterocycles. The summed E-state index contributed by atoms with van der Waals surface area (Å²) in [6, 6.07) is 14.2. The molecule has 0 aliphatic carbocycles. The fourth-order valence-corrected chi connectivity index (χ4v) is 2.75. The summed E-state index contributed by atoms with van der Waals surface area (Å²) in [6.45, 7) is 0. The van der Waals surface area contributed by atoms with Crippen LogP contribution < -0.4 is 0 Å². The van der Waals surface area contributed by atoms with Crippen LogP contribution in [0.25, 0.3) is 10.4 Å². The standard InChI is InChI=1S/C11H6BrNS/c12-9-6-10(14-11(9)7-13)8-4-2-1-3-5-8/h1-6H. The van der Waals surface area contributed by atoms with Crippen LogP contribution >= 0.6 is 27.3 Å². The van der Waals surface area contributed by atoms with Gasteiger partial charge in [-0.25, -0.2) is 0 Å². The Kier molecular flexibility index (Phi) is 2.67. The molecule has 0 aliphatic rings. The van der Waals surface area contributed by atoms with Crippen molar-refractivity contribution in [3.63, 3.8) is 0 Å². The van der Waals surface area contributed by atoms with Crippen LogP contribution in [0.2, 0.25) is 0 Å². The predicted octanol–water partition coefficient (Wildman–Crippen LogP) is 4.05. The summed E-state index contributed by atoms with van der Waals surface area (Å²) in [5.74, 6) is 0. The minimum absolute atomic E-state index is 0.726. The maximum absolute atomic E-state index is 8.81. The molecule has 2 aromatic rings. The highest BCUT2D eigenvalue weighted by atomic mass is 79.9. The van der Waals surface area contributed by atoms with Crippen LogP contribution in [0.3, 0.4) is 0 Å². The van der Waals surface area contributed by atoms with E-state index in [1.807, 2.05) is 36.4 Å². The van der Waals surface area contributed by atoms with Gasteiger partial charge in [0.25, 0.3) is 0 Å². The first-order chi connectivity index (χ1) is 6.81. The first-order valence-electron chi connectivity index (χ1n) is 4.06. The van der Waals surface area contributed by atoms with E-state index < -0.39 is 0 Å². The zero-order valence-electron chi connectivity index (χ0n) is 7.20. The van der Waals surface area contributed by atoms with E-state index in [-0.39, 0.29) is 0 Å². The van der Waals surface area contributed by atoms with Crippen LogP contribution in [0.1, 0.15) is 4.88 Å². The van der Waals surface area contributed by atoms with Gasteiger partial charge < -0.3 is 0 Å². The molecule has 0 bridgehead atoms. The van der Waals surface area contributed by atoms with Gasteiger partial charge in [-0.2, -0.15) is 5.26 Å². The summed E-state index contributed by atoms with van der Waals surface area (Å²) >= 11 is 4.87. The van der Waals surface area contributed by atoms with E-state index in [2.05, 4.69) is 22.0 Å². The third-order valence-corrected chi connectivity index (χ3v) is 3.82. The maximum Gasteiger partial charge on any atom is 0.119 e. The van der Waals surface area contributed by atoms with Gasteiger partial charge in [-0.15, -0.1) is 11.3 Å². The zero-order chi connectivity index (χ0) is 9.97. The van der Waals surface area contributed by atoms with Crippen molar-refractivity contribution in [2.24, 2.45) is 0 Å². The SMILES string of the molecule is N#Cc1sc(-c2ccccc2)cc1Br. The third-order valence-electron chi connectivity index (χ3n) is 1.85. The molecule has 0 aliphatic heterocycles. The first-order valence-corrected chi connectivity index (χ1v) is 5.67. The van der Waals surface area contributed by atoms with Gasteiger partial charge in [-0.1, -0.05) is 30.3 Å². The Hall–Kier alpha value is -1.11. The van der Waals surface area contributed by atoms with Gasteiger partial charge in [0, 0.05) is 9.35 Å². The van der Waals surface area contributed by atoms with Crippen LogP contribution in [0.5, 0.6) is 0 Å². The van der Waals surface area contributed by atoms with Gasteiger partial charge >= 0.3 is 0 Å². The average Bonchev–Trinajstić information content (AvgIpc) is 2.61. The van der Waals surface area contributed by atoms with Crippen molar-refractivity contribution in [2.75, 3.05) is 0 Å². The Balaban J connectivity index is 2.50. The summed E-state index contributed by atoms with van der Waals surface area (Å²) in [7, 11) is 0. The second kappa shape index (κ2) is 3.95. The van der Waals surface area contributed by atoms with E-state index in [0.717, 1.165) is 19.8 Å². The molecule has 3 heteroatoms. The number of thiophene rings is 1. The van der Waals surface area contributed by atoms with E-state index in [0.29, 0.717) is 0 Å². The molecule has 1 nitrogen and oxygen atoms in total. The van der Waals surface area contributed by atoms with Gasteiger partial charge in [-0.05, 0) is 27.6 Å². The summed E-state index contributed by atoms with van der Waals surface area (Å²) in [5, 5.41) is 8.81. The fourth-order valence-electron chi connectivity index (χ4n) is 1.19. The van der Waals surface area contributed by atoms with Crippen LogP contribution in [-0.2, 0) is 0 Å². The number of nitrogens with zero attached hydrogens (tertiary/aromatic N) is 1. The van der Waals surface area contributed by atoms with Gasteiger partial charge in [0.15, 0.2) is 0 Å². The van der Waals surface area contributed by atoms with Gasteiger partial charge in [0.05, 0.1) is 0 Å². The van der Waals surface area contributed by atoms with E-state index in [9.17, 15) is 0 Å². The normalized spacial score (nSPS) is 9.71. The topological polar surface area (TPSA) is 23.8 Å². The molecule has 0 spiro atoms. The summed E-state index contributed by atoms with van der Waals surface area (Å²) in [4.78, 5) is 1.85. The molecule has 0 saturated carbocycles. The number of halogens is 1. The molecule has 68 valence electrons. The Morgan fingerprint density at radius 1 is 1.21 bits per heavy atom. The average molecular weight is 264 g/mol. The van der Waals surface area contributed by atoms with Crippen molar-refractivity contribution in [3.8, 4) is 16.5 Å². The lowest BCUT2D eigenvalue weighted by molar-refractivity contribution is 1.52. The molecule has 0 saturated heterocycles. The highest BCUT2D eigenvalue weighted by Crippen LogP contribution is 2.33. The van der Waals surface area contributed by atoms with E-state index in [1.165, 1.54) is 11.3 Å². The number of nitriles is 1. The Morgan fingerprint density at radius 2 is 1.93 bits per heavy atom. The molecule has 0 radical (unpaired) electrons. The van der Waals surface area contributed by atoms with Crippen molar-refractivity contribution < 1.29 is 0 Å². The molecular formula is C11H6BrNS. The fraction of sp³-hybridized carbons (Fsp3) is 0. The summed E-state index contributed by atoms with van der Waals surface area (Å²) in [5.41, 5.74) is 1.15. The summed E-state index contributed by atoms with van der Waals surface area (Å²) < 4.78 is 0.879. The predicted molar refractivity (Wildman–Crippen MR) is 62.2 cm³/mol. The number of rotatable bonds is 1. The smallest absolute Gasteiger partial charge is 0.119 e. The monoisotopic (exact) mass is 263 g/mol. The second-order valence-corrected chi connectivity index (χ2v) is 4.67. The maximum atomic E-state index is 8.81. The number of hydrogen-bond acceptors (Lipinski definition) is 2. The van der Waals surface area contributed by atoms with Crippen LogP contribution in [0.15, 0.2) is 40.9 Å². The van der Waals surface area contributed by atoms with Gasteiger partial charge in [-0.3, -0.25) is 0 Å². The molecule has 2 rings (SSSR count). The molecule has 0 fully saturated rings. The Morgan fingerprint density at radius 3 is 2.50 bits per heavy atom. The Bertz CT molecular complexity index is 482. The van der Waals surface area contributed by atoms with Crippen molar-refractivity contribution >= 4 is 27.3 Å². The first kappa shape index (κ1) is 9.45. The van der Waals surface area contributed by atoms with Gasteiger partial charge in [0.1, 0.15) is 10.9 Å². The van der Waals surface area contributed by atoms with Crippen molar-refractivity contribution in [1.29, 1.82) is 5.26 Å². The minimum Gasteiger partial charge on any atom is -0.191 e. The number of benzene rings is 1. The molecular weight excluding hydrogens is 258 g/mol. The molecule has 0 atom stereocenters. The quantitative estimate of drug-likeness (QED) is 0.762. The van der Waals surface area contributed by atoms with E-state index >= 15 is 0 Å². The van der Waals surface area contributed by atoms with Crippen LogP contribution in [0, 0.1) is 11.3 Å². The van der Waals surface area contributed by atoms with E-state index in [1.54, 1.807) is 0 Å². The largest absolute Gasteiger partial charge is 0.191 e. The Labute approximate surface area is 94.8 Å².